The summed E-state index contributed by atoms with van der Waals surface area (Å²) in [5, 5.41) is 0. The fraction of sp³-hybridized carbons (Fsp3) is 0.0500. The zero-order valence-electron chi connectivity index (χ0n) is 44.6. The van der Waals surface area contributed by atoms with Crippen molar-refractivity contribution in [1.82, 2.24) is 0 Å². The second-order valence-electron chi connectivity index (χ2n) is 12.5. The number of hydrogen-bond acceptors (Lipinski definition) is 1. The van der Waals surface area contributed by atoms with Crippen LogP contribution in [0.3, 0.4) is 0 Å². The molecule has 2 rings (SSSR count). The van der Waals surface area contributed by atoms with Gasteiger partial charge in [0.1, 0.15) is 13.3 Å². The molecule has 2 aromatic rings. The van der Waals surface area contributed by atoms with Crippen molar-refractivity contribution < 1.29 is 26.3 Å². The van der Waals surface area contributed by atoms with Gasteiger partial charge in [0.25, 0.3) is 0 Å². The second kappa shape index (κ2) is 56.0. The maximum atomic E-state index is 12.6. The molecule has 0 aliphatic heterocycles. The van der Waals surface area contributed by atoms with Crippen LogP contribution in [0.4, 0.5) is 32.0 Å². The van der Waals surface area contributed by atoms with Crippen molar-refractivity contribution in [1.29, 1.82) is 0 Å². The summed E-state index contributed by atoms with van der Waals surface area (Å²) in [7, 11) is 0. The van der Waals surface area contributed by atoms with Crippen molar-refractivity contribution >= 4 is 5.69 Å². The molecule has 87 heavy (non-hydrogen) atoms. The third-order valence-electron chi connectivity index (χ3n) is 6.61. The number of rotatable bonds is 2. The second-order valence-corrected chi connectivity index (χ2v) is 12.5. The van der Waals surface area contributed by atoms with Crippen LogP contribution in [0.2, 0.25) is 0 Å². The molecule has 0 spiro atoms. The molecule has 0 atom stereocenters. The minimum atomic E-state index is -1.17. The number of nitrogens with two attached hydrogens (primary N) is 1. The van der Waals surface area contributed by atoms with Gasteiger partial charge in [0, 0.05) is 289 Å². The molecule has 0 amide bonds. The lowest BCUT2D eigenvalue weighted by Gasteiger charge is -2.00. The predicted octanol–water partition coefficient (Wildman–Crippen LogP) is 5.50. The number of hydrogen-bond donors (Lipinski definition) is 1. The third kappa shape index (κ3) is 47.9. The Morgan fingerprint density at radius 1 is 0.276 bits per heavy atom. The maximum Gasteiger partial charge on any atom is 0.164 e. The lowest BCUT2D eigenvalue weighted by atomic mass is 10.1. The van der Waals surface area contributed by atoms with E-state index in [9.17, 15) is 26.3 Å². The van der Waals surface area contributed by atoms with E-state index >= 15 is 0 Å². The Morgan fingerprint density at radius 3 is 0.632 bits per heavy atom. The summed E-state index contributed by atoms with van der Waals surface area (Å²) in [6.07, 6.45) is 4.94. The zero-order chi connectivity index (χ0) is 63.4. The lowest BCUT2D eigenvalue weighted by molar-refractivity contribution is 0.440. The average Bonchev–Trinajstić information content (AvgIpc) is 3.71. The summed E-state index contributed by atoms with van der Waals surface area (Å²) >= 11 is 0. The topological polar surface area (TPSA) is 26.0 Å². The van der Waals surface area contributed by atoms with Crippen molar-refractivity contribution in [2.45, 2.75) is 27.2 Å². The Labute approximate surface area is 506 Å². The zero-order valence-corrected chi connectivity index (χ0v) is 44.6. The van der Waals surface area contributed by atoms with E-state index in [2.05, 4.69) is 373 Å². The van der Waals surface area contributed by atoms with E-state index in [-0.39, 0.29) is 16.8 Å². The van der Waals surface area contributed by atoms with Crippen molar-refractivity contribution in [3.63, 3.8) is 0 Å². The normalized spacial score (nSPS) is 5.51. The fourth-order valence-corrected chi connectivity index (χ4v) is 3.60. The number of alkyl halides is 2. The first-order valence-electron chi connectivity index (χ1n) is 22.4. The molecule has 0 aliphatic carbocycles. The molecule has 0 saturated heterocycles. The van der Waals surface area contributed by atoms with Gasteiger partial charge in [-0.15, -0.1) is 6.42 Å². The fourth-order valence-electron chi connectivity index (χ4n) is 3.60. The van der Waals surface area contributed by atoms with Gasteiger partial charge in [-0.25, -0.2) is 26.3 Å². The summed E-state index contributed by atoms with van der Waals surface area (Å²) in [5.41, 5.74) is 5.11. The summed E-state index contributed by atoms with van der Waals surface area (Å²) in [6, 6.07) is 4.21. The molecule has 0 aliphatic rings. The molecule has 0 radical (unpaired) electrons. The molecule has 384 valence electrons. The highest BCUT2D eigenvalue weighted by Crippen LogP contribution is 2.17. The van der Waals surface area contributed by atoms with Crippen LogP contribution in [-0.2, 0) is 13.3 Å². The van der Waals surface area contributed by atoms with Crippen LogP contribution in [-0.4, -0.2) is 0 Å². The van der Waals surface area contributed by atoms with Gasteiger partial charge in [0.2, 0.25) is 0 Å². The Kier molecular flexibility index (Phi) is 45.5. The van der Waals surface area contributed by atoms with Crippen molar-refractivity contribution in [3.8, 4) is 379 Å². The van der Waals surface area contributed by atoms with Gasteiger partial charge < -0.3 is 5.73 Å². The minimum absolute atomic E-state index is 0.0246. The Morgan fingerprint density at radius 2 is 0.448 bits per heavy atom. The summed E-state index contributed by atoms with van der Waals surface area (Å²) in [4.78, 5) is 0. The number of nitrogen functional groups attached to an aromatic ring is 1. The lowest BCUT2D eigenvalue weighted by Crippen LogP contribution is -1.95. The van der Waals surface area contributed by atoms with E-state index < -0.39 is 36.6 Å². The van der Waals surface area contributed by atoms with Crippen LogP contribution in [0.15, 0.2) is 24.3 Å². The van der Waals surface area contributed by atoms with Gasteiger partial charge in [-0.2, -0.15) is 0 Å². The molecular weight excluding hydrogens is 1090 g/mol. The van der Waals surface area contributed by atoms with Crippen molar-refractivity contribution in [2.24, 2.45) is 0 Å². The highest BCUT2D eigenvalue weighted by atomic mass is 19.2. The first-order chi connectivity index (χ1) is 42.7. The molecule has 0 saturated carbocycles. The molecule has 0 unspecified atom stereocenters. The van der Waals surface area contributed by atoms with Crippen LogP contribution in [0.5, 0.6) is 0 Å². The van der Waals surface area contributed by atoms with Crippen LogP contribution in [0.25, 0.3) is 0 Å². The smallest absolute Gasteiger partial charge is 0.164 e. The van der Waals surface area contributed by atoms with E-state index in [4.69, 9.17) is 12.2 Å². The van der Waals surface area contributed by atoms with Gasteiger partial charge in [-0.3, -0.25) is 0 Å². The average molecular weight is 1110 g/mol. The predicted molar refractivity (Wildman–Crippen MR) is 327 cm³/mol. The monoisotopic (exact) mass is 1110 g/mol. The molecule has 7 heteroatoms. The van der Waals surface area contributed by atoms with E-state index in [1.54, 1.807) is 13.8 Å². The highest BCUT2D eigenvalue weighted by molar-refractivity contribution is 5.53. The summed E-state index contributed by atoms with van der Waals surface area (Å²) in [5.74, 6) is 153. The standard InChI is InChI=1S/C65H4.C8H7F3.C7H6F3N/c1-3-5-7-9-11-13-15-17-19-21-23-25-27-29-31-33-35-37-39-41-43-45-47-49-51-53-55-57-59-61-63-65-64-62-60-58-56-54-52-50-48-46-44-42-40-38-36-34-32-30-28-26-24-22-20-18-16-14-12-10-8-6-4-2;1-5-2-6(4-9)8(11)7(10)3-5;8-3-4-1-5(11)2-6(9)7(4)10/h1H,2H3;2-3H,4H2,1H3;1-2H,3,11H2. The van der Waals surface area contributed by atoms with Crippen LogP contribution >= 0.6 is 0 Å². The van der Waals surface area contributed by atoms with Crippen LogP contribution in [0, 0.1) is 410 Å². The number of aryl methyl sites for hydroxylation is 1. The van der Waals surface area contributed by atoms with Gasteiger partial charge in [-0.1, -0.05) is 12.0 Å². The first-order valence-corrected chi connectivity index (χ1v) is 22.4. The van der Waals surface area contributed by atoms with Gasteiger partial charge in [0.05, 0.1) is 0 Å². The van der Waals surface area contributed by atoms with Gasteiger partial charge in [-0.05, 0) is 132 Å². The Balaban J connectivity index is 0.00000275. The van der Waals surface area contributed by atoms with Gasteiger partial charge >= 0.3 is 0 Å². The van der Waals surface area contributed by atoms with E-state index in [1.165, 1.54) is 6.07 Å². The number of anilines is 1. The van der Waals surface area contributed by atoms with E-state index in [1.807, 2.05) is 0 Å². The molecule has 1 nitrogen and oxygen atoms in total. The molecule has 0 bridgehead atoms. The third-order valence-corrected chi connectivity index (χ3v) is 6.61. The van der Waals surface area contributed by atoms with Crippen molar-refractivity contribution in [2.75, 3.05) is 5.73 Å². The van der Waals surface area contributed by atoms with Crippen LogP contribution in [0.1, 0.15) is 23.6 Å². The van der Waals surface area contributed by atoms with Crippen molar-refractivity contribution in [3.05, 3.63) is 64.2 Å². The van der Waals surface area contributed by atoms with E-state index in [0.29, 0.717) is 5.56 Å². The SMILES string of the molecule is C#CC#CC#CC#CC#CC#CC#CC#CC#CC#CC#CC#CC#CC#CC#CC#CC#CC#CC#CC#CC#CC#CC#CC#CC#CC#CC#CC#CC#CC#CC#CC#CC.Cc1cc(F)c(F)c(CF)c1.Nc1cc(F)c(F)c(CF)c1. The largest absolute Gasteiger partial charge is 0.399 e. The Bertz CT molecular complexity index is 5260. The molecule has 0 fully saturated rings. The maximum absolute atomic E-state index is 12.6. The number of halogens is 6. The first kappa shape index (κ1) is 70.7. The number of benzene rings is 2. The Hall–Kier alpha value is -16.3. The minimum Gasteiger partial charge on any atom is -0.399 e. The quantitative estimate of drug-likeness (QED) is 0.240. The molecular formula is C80H17F6N. The molecule has 2 N–H and O–H groups in total. The number of terminal acetylenes is 1. The highest BCUT2D eigenvalue weighted by Gasteiger charge is 2.09. The molecule has 0 aromatic heterocycles. The van der Waals surface area contributed by atoms with E-state index in [0.717, 1.165) is 18.2 Å². The summed E-state index contributed by atoms with van der Waals surface area (Å²) in [6.45, 7) is 1.25. The summed E-state index contributed by atoms with van der Waals surface area (Å²) < 4.78 is 73.8. The van der Waals surface area contributed by atoms with Gasteiger partial charge in [0.15, 0.2) is 23.3 Å². The molecule has 0 heterocycles. The van der Waals surface area contributed by atoms with Crippen LogP contribution < -0.4 is 5.73 Å². The molecule has 2 aromatic carbocycles.